The number of rotatable bonds is 4. The molecule has 0 aromatic heterocycles. The van der Waals surface area contributed by atoms with Crippen molar-refractivity contribution < 1.29 is 43.9 Å². The molecule has 6 fully saturated rings. The minimum Gasteiger partial charge on any atom is -0.458 e. The van der Waals surface area contributed by atoms with Gasteiger partial charge in [0, 0.05) is 16.9 Å². The van der Waals surface area contributed by atoms with Crippen LogP contribution in [0.15, 0.2) is 0 Å². The summed E-state index contributed by atoms with van der Waals surface area (Å²) >= 11 is 2.03. The number of thioether (sulfide) groups is 2. The summed E-state index contributed by atoms with van der Waals surface area (Å²) in [5.41, 5.74) is -1.07. The normalized spacial score (nSPS) is 46.0. The van der Waals surface area contributed by atoms with Gasteiger partial charge in [-0.15, -0.1) is 23.5 Å². The summed E-state index contributed by atoms with van der Waals surface area (Å²) in [4.78, 5) is 12.9. The molecular weight excluding hydrogens is 510 g/mol. The lowest BCUT2D eigenvalue weighted by molar-refractivity contribution is -0.177. The Kier molecular flexibility index (Phi) is 5.75. The molecule has 0 aromatic carbocycles. The van der Waals surface area contributed by atoms with E-state index in [-0.39, 0.29) is 21.3 Å². The number of halogens is 2. The molecule has 32 heavy (non-hydrogen) atoms. The standard InChI is InChI=1S/C18H24F2O8S4/c19-17(20,32(23,24)25)8-26-14(21)16-3-11-1-12(4-16)18(13(2-11)5-16)29-9-15(10-30-18)6-27-31(22)28-7-15/h11-13H,1-10H2,(H,23,24,25). The van der Waals surface area contributed by atoms with Crippen molar-refractivity contribution in [2.45, 2.75) is 41.4 Å². The Morgan fingerprint density at radius 1 is 1.12 bits per heavy atom. The Labute approximate surface area is 195 Å². The Bertz CT molecular complexity index is 903. The summed E-state index contributed by atoms with van der Waals surface area (Å²) in [5, 5.41) is -4.52. The molecule has 0 aromatic rings. The van der Waals surface area contributed by atoms with Crippen LogP contribution in [-0.2, 0) is 39.4 Å². The lowest BCUT2D eigenvalue weighted by Crippen LogP contribution is -2.62. The number of esters is 1. The number of hydrogen-bond acceptors (Lipinski definition) is 9. The maximum absolute atomic E-state index is 13.6. The maximum atomic E-state index is 13.6. The number of ether oxygens (including phenoxy) is 1. The van der Waals surface area contributed by atoms with Gasteiger partial charge in [0.2, 0.25) is 0 Å². The molecular formula is C18H24F2O8S4. The molecule has 2 saturated heterocycles. The van der Waals surface area contributed by atoms with Crippen molar-refractivity contribution in [1.82, 2.24) is 0 Å². The van der Waals surface area contributed by atoms with E-state index < -0.39 is 44.7 Å². The predicted molar refractivity (Wildman–Crippen MR) is 114 cm³/mol. The zero-order chi connectivity index (χ0) is 23.0. The second kappa shape index (κ2) is 7.76. The highest BCUT2D eigenvalue weighted by atomic mass is 32.2. The van der Waals surface area contributed by atoms with Crippen molar-refractivity contribution >= 4 is 51.0 Å². The minimum absolute atomic E-state index is 0.0685. The zero-order valence-electron chi connectivity index (χ0n) is 17.0. The molecule has 4 aliphatic carbocycles. The first-order valence-corrected chi connectivity index (χ1v) is 14.8. The van der Waals surface area contributed by atoms with Crippen molar-refractivity contribution in [3.05, 3.63) is 0 Å². The van der Waals surface area contributed by atoms with Gasteiger partial charge in [0.05, 0.1) is 22.7 Å². The van der Waals surface area contributed by atoms with E-state index in [1.165, 1.54) is 0 Å². The topological polar surface area (TPSA) is 116 Å². The fraction of sp³-hybridized carbons (Fsp3) is 0.944. The van der Waals surface area contributed by atoms with Crippen molar-refractivity contribution in [2.75, 3.05) is 31.3 Å². The monoisotopic (exact) mass is 534 g/mol. The van der Waals surface area contributed by atoms with Crippen LogP contribution in [0.2, 0.25) is 0 Å². The van der Waals surface area contributed by atoms with Gasteiger partial charge in [-0.2, -0.15) is 21.4 Å². The zero-order valence-corrected chi connectivity index (χ0v) is 20.3. The third-order valence-corrected chi connectivity index (χ3v) is 13.6. The Morgan fingerprint density at radius 3 is 2.22 bits per heavy atom. The van der Waals surface area contributed by atoms with Gasteiger partial charge in [-0.05, 0) is 49.9 Å². The lowest BCUT2D eigenvalue weighted by Gasteiger charge is -2.65. The number of carbonyl (C=O) groups is 1. The molecule has 1 N–H and O–H groups in total. The van der Waals surface area contributed by atoms with E-state index in [4.69, 9.17) is 17.7 Å². The van der Waals surface area contributed by atoms with Gasteiger partial charge in [-0.25, -0.2) is 0 Å². The van der Waals surface area contributed by atoms with Crippen molar-refractivity contribution in [1.29, 1.82) is 0 Å². The van der Waals surface area contributed by atoms with E-state index in [2.05, 4.69) is 0 Å². The molecule has 6 rings (SSSR count). The van der Waals surface area contributed by atoms with Crippen LogP contribution < -0.4 is 0 Å². The molecule has 0 amide bonds. The average Bonchev–Trinajstić information content (AvgIpc) is 2.72. The lowest BCUT2D eigenvalue weighted by atomic mass is 9.49. The second-order valence-electron chi connectivity index (χ2n) is 9.84. The molecule has 182 valence electrons. The van der Waals surface area contributed by atoms with E-state index >= 15 is 0 Å². The minimum atomic E-state index is -5.65. The first-order chi connectivity index (χ1) is 14.9. The fourth-order valence-electron chi connectivity index (χ4n) is 6.23. The van der Waals surface area contributed by atoms with E-state index in [1.807, 2.05) is 23.5 Å². The highest BCUT2D eigenvalue weighted by Crippen LogP contribution is 2.72. The average molecular weight is 535 g/mol. The van der Waals surface area contributed by atoms with Crippen LogP contribution in [0.5, 0.6) is 0 Å². The molecule has 0 radical (unpaired) electrons. The summed E-state index contributed by atoms with van der Waals surface area (Å²) < 4.78 is 84.1. The van der Waals surface area contributed by atoms with Crippen LogP contribution in [0, 0.1) is 28.6 Å². The van der Waals surface area contributed by atoms with Crippen molar-refractivity contribution in [3.63, 3.8) is 0 Å². The Balaban J connectivity index is 1.29. The third kappa shape index (κ3) is 3.76. The van der Waals surface area contributed by atoms with Gasteiger partial charge in [-0.1, -0.05) is 0 Å². The SMILES string of the molecule is O=C(OCC(F)(F)S(=O)(=O)O)C12CC3CC(C1)C1(SCC4(COS(=O)OC4)CS1)C(C3)C2. The quantitative estimate of drug-likeness (QED) is 0.426. The maximum Gasteiger partial charge on any atom is 0.402 e. The molecule has 2 atom stereocenters. The first-order valence-electron chi connectivity index (χ1n) is 10.4. The Hall–Kier alpha value is 0.01000. The van der Waals surface area contributed by atoms with E-state index in [0.29, 0.717) is 38.4 Å². The highest BCUT2D eigenvalue weighted by molar-refractivity contribution is 8.18. The van der Waals surface area contributed by atoms with Crippen LogP contribution in [0.3, 0.4) is 0 Å². The van der Waals surface area contributed by atoms with Gasteiger partial charge in [0.1, 0.15) is 0 Å². The van der Waals surface area contributed by atoms with Gasteiger partial charge in [-0.3, -0.25) is 17.7 Å². The number of carbonyl (C=O) groups excluding carboxylic acids is 1. The molecule has 2 heterocycles. The third-order valence-electron chi connectivity index (χ3n) is 7.64. The van der Waals surface area contributed by atoms with Gasteiger partial charge in [0.25, 0.3) is 0 Å². The molecule has 4 bridgehead atoms. The summed E-state index contributed by atoms with van der Waals surface area (Å²) in [6.45, 7) is -0.914. The number of alkyl halides is 2. The second-order valence-corrected chi connectivity index (χ2v) is 15.0. The fourth-order valence-corrected chi connectivity index (χ4v) is 11.3. The van der Waals surface area contributed by atoms with E-state index in [1.54, 1.807) is 0 Å². The van der Waals surface area contributed by atoms with Gasteiger partial charge >= 0.3 is 32.7 Å². The molecule has 2 aliphatic heterocycles. The largest absolute Gasteiger partial charge is 0.458 e. The molecule has 6 aliphatic rings. The Morgan fingerprint density at radius 2 is 1.69 bits per heavy atom. The number of hydrogen-bond donors (Lipinski definition) is 1. The van der Waals surface area contributed by atoms with E-state index in [0.717, 1.165) is 24.3 Å². The summed E-state index contributed by atoms with van der Waals surface area (Å²) in [5.74, 6) is 1.56. The summed E-state index contributed by atoms with van der Waals surface area (Å²) in [7, 11) is -5.65. The van der Waals surface area contributed by atoms with Crippen molar-refractivity contribution in [3.8, 4) is 0 Å². The summed E-state index contributed by atoms with van der Waals surface area (Å²) in [6, 6.07) is 0. The highest BCUT2D eigenvalue weighted by Gasteiger charge is 2.67. The molecule has 8 nitrogen and oxygen atoms in total. The first kappa shape index (κ1) is 23.7. The molecule has 14 heteroatoms. The molecule has 2 spiro atoms. The van der Waals surface area contributed by atoms with E-state index in [9.17, 15) is 26.2 Å². The van der Waals surface area contributed by atoms with Crippen LogP contribution in [0.1, 0.15) is 32.1 Å². The molecule has 4 saturated carbocycles. The van der Waals surface area contributed by atoms with Crippen LogP contribution in [-0.4, -0.2) is 63.8 Å². The van der Waals surface area contributed by atoms with Crippen LogP contribution >= 0.6 is 23.5 Å². The predicted octanol–water partition coefficient (Wildman–Crippen LogP) is 2.62. The van der Waals surface area contributed by atoms with Crippen molar-refractivity contribution in [2.24, 2.45) is 28.6 Å². The summed E-state index contributed by atoms with van der Waals surface area (Å²) in [6.07, 6.45) is 3.56. The molecule has 2 unspecified atom stereocenters. The van der Waals surface area contributed by atoms with Gasteiger partial charge < -0.3 is 4.74 Å². The van der Waals surface area contributed by atoms with Gasteiger partial charge in [0.15, 0.2) is 6.61 Å². The smallest absolute Gasteiger partial charge is 0.402 e. The van der Waals surface area contributed by atoms with Crippen LogP contribution in [0.25, 0.3) is 0 Å². The van der Waals surface area contributed by atoms with Crippen LogP contribution in [0.4, 0.5) is 8.78 Å².